The predicted molar refractivity (Wildman–Crippen MR) is 46.7 cm³/mol. The predicted octanol–water partition coefficient (Wildman–Crippen LogP) is 0.786. The Morgan fingerprint density at radius 2 is 1.86 bits per heavy atom. The Morgan fingerprint density at radius 3 is 2.21 bits per heavy atom. The van der Waals surface area contributed by atoms with Crippen LogP contribution in [-0.4, -0.2) is 41.6 Å². The molecule has 1 amide bonds. The van der Waals surface area contributed by atoms with Crippen molar-refractivity contribution in [2.75, 3.05) is 13.7 Å². The molecular formula is C8H15NO5. The lowest BCUT2D eigenvalue weighted by Gasteiger charge is -2.22. The van der Waals surface area contributed by atoms with Crippen molar-refractivity contribution in [2.24, 2.45) is 0 Å². The number of ether oxygens (including phenoxy) is 2. The zero-order chi connectivity index (χ0) is 11.4. The summed E-state index contributed by atoms with van der Waals surface area (Å²) in [6.07, 6.45) is -0.983. The summed E-state index contributed by atoms with van der Waals surface area (Å²) in [6, 6.07) is 0. The lowest BCUT2D eigenvalue weighted by molar-refractivity contribution is -0.154. The van der Waals surface area contributed by atoms with Crippen LogP contribution in [0.1, 0.15) is 20.8 Å². The molecular weight excluding hydrogens is 190 g/mol. The van der Waals surface area contributed by atoms with Gasteiger partial charge in [-0.3, -0.25) is 10.0 Å². The van der Waals surface area contributed by atoms with E-state index in [0.717, 1.165) is 7.11 Å². The molecule has 0 aromatic heterocycles. The van der Waals surface area contributed by atoms with Gasteiger partial charge in [0, 0.05) is 0 Å². The molecule has 0 atom stereocenters. The first-order valence-corrected chi connectivity index (χ1v) is 4.02. The third kappa shape index (κ3) is 5.36. The van der Waals surface area contributed by atoms with E-state index in [1.54, 1.807) is 20.8 Å². The molecule has 0 radical (unpaired) electrons. The second-order valence-electron chi connectivity index (χ2n) is 3.61. The molecule has 0 aromatic rings. The molecule has 0 aliphatic carbocycles. The Kier molecular flexibility index (Phi) is 4.36. The molecule has 1 N–H and O–H groups in total. The number of carbonyl (C=O) groups excluding carboxylic acids is 2. The summed E-state index contributed by atoms with van der Waals surface area (Å²) in [7, 11) is 1.16. The Balaban J connectivity index is 4.07. The van der Waals surface area contributed by atoms with Crippen molar-refractivity contribution in [3.05, 3.63) is 0 Å². The molecule has 0 bridgehead atoms. The van der Waals surface area contributed by atoms with Gasteiger partial charge in [-0.15, -0.1) is 0 Å². The van der Waals surface area contributed by atoms with Crippen LogP contribution in [0.2, 0.25) is 0 Å². The van der Waals surface area contributed by atoms with Gasteiger partial charge in [-0.25, -0.2) is 4.79 Å². The molecule has 0 fully saturated rings. The third-order valence-corrected chi connectivity index (χ3v) is 1.11. The zero-order valence-electron chi connectivity index (χ0n) is 8.73. The number of hydroxylamine groups is 2. The lowest BCUT2D eigenvalue weighted by atomic mass is 10.2. The highest BCUT2D eigenvalue weighted by Crippen LogP contribution is 2.08. The van der Waals surface area contributed by atoms with E-state index in [9.17, 15) is 9.59 Å². The molecule has 0 unspecified atom stereocenters. The molecule has 6 nitrogen and oxygen atoms in total. The normalized spacial score (nSPS) is 10.6. The Morgan fingerprint density at radius 1 is 1.36 bits per heavy atom. The number of hydrogen-bond donors (Lipinski definition) is 1. The number of nitrogens with zero attached hydrogens (tertiary/aromatic N) is 1. The maximum absolute atomic E-state index is 11.1. The standard InChI is InChI=1S/C8H15NO5/c1-8(2,3)14-7(11)9(12)5-6(10)13-4/h12H,5H2,1-4H3. The van der Waals surface area contributed by atoms with Crippen LogP contribution in [0.25, 0.3) is 0 Å². The number of esters is 1. The van der Waals surface area contributed by atoms with Crippen LogP contribution >= 0.6 is 0 Å². The van der Waals surface area contributed by atoms with E-state index in [4.69, 9.17) is 9.94 Å². The highest BCUT2D eigenvalue weighted by molar-refractivity contribution is 5.77. The largest absolute Gasteiger partial charge is 0.468 e. The van der Waals surface area contributed by atoms with Crippen LogP contribution in [0.3, 0.4) is 0 Å². The molecule has 0 saturated carbocycles. The van der Waals surface area contributed by atoms with Crippen molar-refractivity contribution in [1.29, 1.82) is 0 Å². The molecule has 6 heteroatoms. The van der Waals surface area contributed by atoms with Gasteiger partial charge in [-0.1, -0.05) is 0 Å². The molecule has 0 spiro atoms. The van der Waals surface area contributed by atoms with E-state index in [1.807, 2.05) is 0 Å². The van der Waals surface area contributed by atoms with Crippen LogP contribution in [0, 0.1) is 0 Å². The van der Waals surface area contributed by atoms with Gasteiger partial charge in [0.25, 0.3) is 0 Å². The van der Waals surface area contributed by atoms with Crippen LogP contribution in [-0.2, 0) is 14.3 Å². The lowest BCUT2D eigenvalue weighted by Crippen LogP contribution is -2.37. The van der Waals surface area contributed by atoms with Gasteiger partial charge in [0.05, 0.1) is 7.11 Å². The van der Waals surface area contributed by atoms with Crippen molar-refractivity contribution in [3.8, 4) is 0 Å². The SMILES string of the molecule is COC(=O)CN(O)C(=O)OC(C)(C)C. The summed E-state index contributed by atoms with van der Waals surface area (Å²) in [5, 5.41) is 9.20. The first kappa shape index (κ1) is 12.7. The van der Waals surface area contributed by atoms with Crippen molar-refractivity contribution in [2.45, 2.75) is 26.4 Å². The minimum absolute atomic E-state index is 0.164. The van der Waals surface area contributed by atoms with Crippen molar-refractivity contribution >= 4 is 12.1 Å². The smallest absolute Gasteiger partial charge is 0.434 e. The fourth-order valence-corrected chi connectivity index (χ4v) is 0.566. The zero-order valence-corrected chi connectivity index (χ0v) is 8.73. The van der Waals surface area contributed by atoms with Crippen molar-refractivity contribution in [1.82, 2.24) is 5.06 Å². The number of methoxy groups -OCH3 is 1. The summed E-state index contributed by atoms with van der Waals surface area (Å²) < 4.78 is 9.03. The first-order chi connectivity index (χ1) is 6.26. The summed E-state index contributed by atoms with van der Waals surface area (Å²) in [5.41, 5.74) is -0.714. The van der Waals surface area contributed by atoms with Crippen LogP contribution in [0.15, 0.2) is 0 Å². The average Bonchev–Trinajstić information content (AvgIpc) is 2.00. The van der Waals surface area contributed by atoms with Gasteiger partial charge in [0.2, 0.25) is 0 Å². The second kappa shape index (κ2) is 4.80. The Labute approximate surface area is 82.4 Å². The van der Waals surface area contributed by atoms with Gasteiger partial charge in [0.1, 0.15) is 12.1 Å². The van der Waals surface area contributed by atoms with Gasteiger partial charge < -0.3 is 9.47 Å². The minimum atomic E-state index is -0.983. The monoisotopic (exact) mass is 205 g/mol. The number of amides is 1. The molecule has 14 heavy (non-hydrogen) atoms. The molecule has 0 saturated heterocycles. The highest BCUT2D eigenvalue weighted by atomic mass is 16.6. The van der Waals surface area contributed by atoms with E-state index >= 15 is 0 Å². The van der Waals surface area contributed by atoms with Gasteiger partial charge >= 0.3 is 12.1 Å². The Hall–Kier alpha value is -1.30. The first-order valence-electron chi connectivity index (χ1n) is 4.02. The van der Waals surface area contributed by atoms with E-state index in [2.05, 4.69) is 4.74 Å². The van der Waals surface area contributed by atoms with Crippen LogP contribution in [0.5, 0.6) is 0 Å². The molecule has 82 valence electrons. The summed E-state index contributed by atoms with van der Waals surface area (Å²) in [5.74, 6) is -0.724. The van der Waals surface area contributed by atoms with E-state index in [-0.39, 0.29) is 5.06 Å². The molecule has 0 heterocycles. The van der Waals surface area contributed by atoms with Gasteiger partial charge in [0.15, 0.2) is 0 Å². The molecule has 0 aromatic carbocycles. The van der Waals surface area contributed by atoms with Crippen molar-refractivity contribution < 1.29 is 24.3 Å². The minimum Gasteiger partial charge on any atom is -0.468 e. The van der Waals surface area contributed by atoms with E-state index in [0.29, 0.717) is 0 Å². The number of rotatable bonds is 2. The average molecular weight is 205 g/mol. The topological polar surface area (TPSA) is 76.1 Å². The van der Waals surface area contributed by atoms with Gasteiger partial charge in [-0.2, -0.15) is 5.06 Å². The van der Waals surface area contributed by atoms with Crippen LogP contribution in [0.4, 0.5) is 4.79 Å². The van der Waals surface area contributed by atoms with E-state index < -0.39 is 24.2 Å². The quantitative estimate of drug-likeness (QED) is 0.409. The number of carbonyl (C=O) groups is 2. The van der Waals surface area contributed by atoms with Crippen LogP contribution < -0.4 is 0 Å². The molecule has 0 aliphatic heterocycles. The maximum Gasteiger partial charge on any atom is 0.434 e. The summed E-state index contributed by atoms with van der Waals surface area (Å²) >= 11 is 0. The number of hydrogen-bond acceptors (Lipinski definition) is 5. The third-order valence-electron chi connectivity index (χ3n) is 1.11. The van der Waals surface area contributed by atoms with E-state index in [1.165, 1.54) is 0 Å². The molecule has 0 aliphatic rings. The maximum atomic E-state index is 11.1. The second-order valence-corrected chi connectivity index (χ2v) is 3.61. The fourth-order valence-electron chi connectivity index (χ4n) is 0.566. The fraction of sp³-hybridized carbons (Fsp3) is 0.750. The Bertz CT molecular complexity index is 220. The summed E-state index contributed by atoms with van der Waals surface area (Å²) in [6.45, 7) is 4.40. The van der Waals surface area contributed by atoms with Gasteiger partial charge in [-0.05, 0) is 20.8 Å². The molecule has 0 rings (SSSR count). The highest BCUT2D eigenvalue weighted by Gasteiger charge is 2.22. The summed E-state index contributed by atoms with van der Waals surface area (Å²) in [4.78, 5) is 21.7. The van der Waals surface area contributed by atoms with Crippen molar-refractivity contribution in [3.63, 3.8) is 0 Å².